The maximum absolute atomic E-state index is 10.7. The summed E-state index contributed by atoms with van der Waals surface area (Å²) in [4.78, 5) is 4.62. The molecule has 0 radical (unpaired) electrons. The Labute approximate surface area is 140 Å². The molecule has 2 aromatic rings. The maximum atomic E-state index is 10.7. The minimum Gasteiger partial charge on any atom is -0.282 e. The van der Waals surface area contributed by atoms with Crippen LogP contribution in [0.5, 0.6) is 0 Å². The predicted molar refractivity (Wildman–Crippen MR) is 95.8 cm³/mol. The maximum Gasteiger partial charge on any atom is 0.154 e. The van der Waals surface area contributed by atoms with Crippen LogP contribution in [0.15, 0.2) is 75.5 Å². The Balaban J connectivity index is 2.00. The Hall–Kier alpha value is -3.05. The second kappa shape index (κ2) is 5.54. The number of hydrogen-bond acceptors (Lipinski definition) is 5. The molecular formula is C19H16N4O. The summed E-state index contributed by atoms with van der Waals surface area (Å²) in [7, 11) is 0. The van der Waals surface area contributed by atoms with E-state index in [1.807, 2.05) is 61.5 Å². The molecule has 24 heavy (non-hydrogen) atoms. The number of amidine groups is 1. The highest BCUT2D eigenvalue weighted by molar-refractivity contribution is 6.35. The van der Waals surface area contributed by atoms with Crippen molar-refractivity contribution in [3.8, 4) is 0 Å². The van der Waals surface area contributed by atoms with Crippen molar-refractivity contribution >= 4 is 28.5 Å². The van der Waals surface area contributed by atoms with Crippen LogP contribution in [0.2, 0.25) is 0 Å². The summed E-state index contributed by atoms with van der Waals surface area (Å²) < 4.78 is 0. The van der Waals surface area contributed by atoms with Crippen LogP contribution < -0.4 is 0 Å². The molecule has 0 fully saturated rings. The number of aliphatic imine (C=N–C) groups is 1. The molecule has 2 aliphatic heterocycles. The fourth-order valence-electron chi connectivity index (χ4n) is 3.00. The van der Waals surface area contributed by atoms with Crippen LogP contribution >= 0.6 is 0 Å². The number of nitrogens with zero attached hydrogens (tertiary/aromatic N) is 4. The lowest BCUT2D eigenvalue weighted by Gasteiger charge is -2.26. The number of benzene rings is 2. The number of hydroxylamine groups is 2. The first-order valence-electron chi connectivity index (χ1n) is 7.73. The Morgan fingerprint density at radius 2 is 1.58 bits per heavy atom. The largest absolute Gasteiger partial charge is 0.282 e. The fraction of sp³-hybridized carbons (Fsp3) is 0.105. The van der Waals surface area contributed by atoms with Gasteiger partial charge in [0.05, 0.1) is 5.69 Å². The van der Waals surface area contributed by atoms with Gasteiger partial charge >= 0.3 is 0 Å². The van der Waals surface area contributed by atoms with Crippen LogP contribution in [0.1, 0.15) is 25.0 Å². The van der Waals surface area contributed by atoms with E-state index in [1.54, 1.807) is 6.92 Å². The first-order chi connectivity index (χ1) is 11.7. The minimum absolute atomic E-state index is 0.425. The molecule has 5 heteroatoms. The summed E-state index contributed by atoms with van der Waals surface area (Å²) in [6, 6.07) is 17.6. The molecular weight excluding hydrogens is 300 g/mol. The minimum atomic E-state index is 0.425. The highest BCUT2D eigenvalue weighted by Crippen LogP contribution is 2.38. The second-order valence-corrected chi connectivity index (χ2v) is 5.71. The highest BCUT2D eigenvalue weighted by Gasteiger charge is 2.31. The molecule has 0 bridgehead atoms. The van der Waals surface area contributed by atoms with Crippen molar-refractivity contribution in [2.24, 2.45) is 15.2 Å². The molecule has 0 aromatic heterocycles. The van der Waals surface area contributed by atoms with Crippen LogP contribution in [0, 0.1) is 0 Å². The molecule has 0 unspecified atom stereocenters. The monoisotopic (exact) mass is 316 g/mol. The summed E-state index contributed by atoms with van der Waals surface area (Å²) >= 11 is 0. The van der Waals surface area contributed by atoms with Crippen LogP contribution in [-0.2, 0) is 0 Å². The van der Waals surface area contributed by atoms with Gasteiger partial charge in [-0.15, -0.1) is 10.2 Å². The summed E-state index contributed by atoms with van der Waals surface area (Å²) in [5.74, 6) is 0.425. The van der Waals surface area contributed by atoms with Gasteiger partial charge in [-0.3, -0.25) is 10.2 Å². The molecule has 5 nitrogen and oxygen atoms in total. The van der Waals surface area contributed by atoms with E-state index in [0.717, 1.165) is 33.2 Å². The van der Waals surface area contributed by atoms with E-state index in [-0.39, 0.29) is 0 Å². The van der Waals surface area contributed by atoms with E-state index in [2.05, 4.69) is 15.2 Å². The summed E-state index contributed by atoms with van der Waals surface area (Å²) in [5, 5.41) is 20.2. The molecule has 4 rings (SSSR count). The third-order valence-electron chi connectivity index (χ3n) is 4.14. The molecule has 2 heterocycles. The molecule has 2 aliphatic rings. The van der Waals surface area contributed by atoms with Crippen molar-refractivity contribution < 1.29 is 5.21 Å². The zero-order chi connectivity index (χ0) is 16.7. The van der Waals surface area contributed by atoms with Crippen LogP contribution in [0.3, 0.4) is 0 Å². The van der Waals surface area contributed by atoms with Gasteiger partial charge in [0.25, 0.3) is 0 Å². The van der Waals surface area contributed by atoms with Crippen LogP contribution in [0.4, 0.5) is 5.69 Å². The lowest BCUT2D eigenvalue weighted by Crippen LogP contribution is -2.33. The first kappa shape index (κ1) is 14.5. The first-order valence-corrected chi connectivity index (χ1v) is 7.73. The Morgan fingerprint density at radius 3 is 2.38 bits per heavy atom. The normalized spacial score (nSPS) is 19.6. The van der Waals surface area contributed by atoms with Gasteiger partial charge in [0, 0.05) is 22.4 Å². The summed E-state index contributed by atoms with van der Waals surface area (Å²) in [6.07, 6.45) is 0. The second-order valence-electron chi connectivity index (χ2n) is 5.71. The van der Waals surface area contributed by atoms with Gasteiger partial charge in [0.15, 0.2) is 5.84 Å². The van der Waals surface area contributed by atoms with E-state index in [9.17, 15) is 5.21 Å². The van der Waals surface area contributed by atoms with E-state index in [1.165, 1.54) is 0 Å². The van der Waals surface area contributed by atoms with E-state index in [4.69, 9.17) is 0 Å². The Bertz CT molecular complexity index is 939. The van der Waals surface area contributed by atoms with Gasteiger partial charge in [-0.2, -0.15) is 0 Å². The summed E-state index contributed by atoms with van der Waals surface area (Å²) in [5.41, 5.74) is 5.76. The van der Waals surface area contributed by atoms with Crippen molar-refractivity contribution in [2.45, 2.75) is 13.8 Å². The molecule has 118 valence electrons. The molecule has 2 aromatic carbocycles. The fourth-order valence-corrected chi connectivity index (χ4v) is 3.00. The molecule has 0 saturated carbocycles. The van der Waals surface area contributed by atoms with Crippen molar-refractivity contribution in [2.75, 3.05) is 0 Å². The van der Waals surface area contributed by atoms with Gasteiger partial charge in [-0.25, -0.2) is 5.06 Å². The molecule has 0 amide bonds. The molecule has 0 spiro atoms. The van der Waals surface area contributed by atoms with Gasteiger partial charge in [-0.05, 0) is 19.9 Å². The lowest BCUT2D eigenvalue weighted by molar-refractivity contribution is 0.0282. The number of para-hydroxylation sites is 1. The van der Waals surface area contributed by atoms with Crippen molar-refractivity contribution in [3.05, 3.63) is 71.4 Å². The molecule has 1 N–H and O–H groups in total. The van der Waals surface area contributed by atoms with Crippen molar-refractivity contribution in [1.29, 1.82) is 0 Å². The van der Waals surface area contributed by atoms with E-state index < -0.39 is 0 Å². The Morgan fingerprint density at radius 1 is 0.875 bits per heavy atom. The molecule has 0 saturated heterocycles. The van der Waals surface area contributed by atoms with Gasteiger partial charge in [-0.1, -0.05) is 48.5 Å². The third-order valence-corrected chi connectivity index (χ3v) is 4.14. The van der Waals surface area contributed by atoms with Gasteiger partial charge in [0.2, 0.25) is 0 Å². The number of rotatable bonds is 1. The SMILES string of the molecule is CC1=Nc2ccccc2/C1=C1\C(c2ccccc2)=NN=C(C)N1O. The van der Waals surface area contributed by atoms with Crippen molar-refractivity contribution in [1.82, 2.24) is 5.06 Å². The zero-order valence-corrected chi connectivity index (χ0v) is 13.4. The van der Waals surface area contributed by atoms with E-state index in [0.29, 0.717) is 17.2 Å². The number of hydrogen-bond donors (Lipinski definition) is 1. The average Bonchev–Trinajstić information content (AvgIpc) is 2.94. The Kier molecular flexibility index (Phi) is 3.36. The smallest absolute Gasteiger partial charge is 0.154 e. The van der Waals surface area contributed by atoms with Crippen LogP contribution in [0.25, 0.3) is 5.57 Å². The molecule has 0 aliphatic carbocycles. The summed E-state index contributed by atoms with van der Waals surface area (Å²) in [6.45, 7) is 3.67. The van der Waals surface area contributed by atoms with Crippen LogP contribution in [-0.4, -0.2) is 27.5 Å². The quantitative estimate of drug-likeness (QED) is 0.863. The van der Waals surface area contributed by atoms with E-state index >= 15 is 0 Å². The molecule has 0 atom stereocenters. The predicted octanol–water partition coefficient (Wildman–Crippen LogP) is 4.03. The average molecular weight is 316 g/mol. The topological polar surface area (TPSA) is 60.5 Å². The lowest BCUT2D eigenvalue weighted by atomic mass is 9.95. The third kappa shape index (κ3) is 2.18. The number of allylic oxidation sites excluding steroid dienone is 2. The zero-order valence-electron chi connectivity index (χ0n) is 13.4. The van der Waals surface area contributed by atoms with Crippen molar-refractivity contribution in [3.63, 3.8) is 0 Å². The highest BCUT2D eigenvalue weighted by atomic mass is 16.5. The standard InChI is InChI=1S/C19H16N4O/c1-12-17(15-10-6-7-11-16(15)20-12)19-18(14-8-4-3-5-9-14)22-21-13(2)23(19)24/h3-11,24H,1-2H3/b19-17+. The number of fused-ring (bicyclic) bond motifs is 1. The van der Waals surface area contributed by atoms with Gasteiger partial charge in [0.1, 0.15) is 11.4 Å². The van der Waals surface area contributed by atoms with Gasteiger partial charge < -0.3 is 0 Å².